The van der Waals surface area contributed by atoms with Gasteiger partial charge >= 0.3 is 0 Å². The molecule has 1 amide bonds. The Morgan fingerprint density at radius 1 is 1.31 bits per heavy atom. The third kappa shape index (κ3) is 4.75. The Labute approximate surface area is 171 Å². The van der Waals surface area contributed by atoms with Crippen LogP contribution in [0, 0.1) is 0 Å². The van der Waals surface area contributed by atoms with Crippen molar-refractivity contribution in [2.45, 2.75) is 31.0 Å². The number of piperidine rings is 1. The molecule has 29 heavy (non-hydrogen) atoms. The molecule has 3 heterocycles. The largest absolute Gasteiger partial charge is 0.456 e. The summed E-state index contributed by atoms with van der Waals surface area (Å²) in [6, 6.07) is 11.0. The molecule has 0 unspecified atom stereocenters. The fourth-order valence-electron chi connectivity index (χ4n) is 4.24. The minimum absolute atomic E-state index is 0.0325. The molecule has 0 aliphatic carbocycles. The van der Waals surface area contributed by atoms with Crippen LogP contribution in [0.4, 0.5) is 5.69 Å². The molecule has 4 rings (SSSR count). The number of aromatic nitrogens is 1. The van der Waals surface area contributed by atoms with Crippen LogP contribution in [-0.4, -0.2) is 60.8 Å². The van der Waals surface area contributed by atoms with E-state index in [4.69, 9.17) is 14.2 Å². The van der Waals surface area contributed by atoms with Gasteiger partial charge in [-0.2, -0.15) is 0 Å². The Bertz CT molecular complexity index is 807. The van der Waals surface area contributed by atoms with Crippen molar-refractivity contribution in [3.8, 4) is 11.5 Å². The lowest BCUT2D eigenvalue weighted by atomic mass is 9.87. The van der Waals surface area contributed by atoms with Gasteiger partial charge < -0.3 is 19.5 Å². The minimum Gasteiger partial charge on any atom is -0.456 e. The van der Waals surface area contributed by atoms with Gasteiger partial charge in [-0.25, -0.2) is 0 Å². The topological polar surface area (TPSA) is 72.9 Å². The number of rotatable bonds is 6. The van der Waals surface area contributed by atoms with E-state index in [1.165, 1.54) is 0 Å². The van der Waals surface area contributed by atoms with Crippen molar-refractivity contribution in [2.75, 3.05) is 38.7 Å². The van der Waals surface area contributed by atoms with Gasteiger partial charge in [0.1, 0.15) is 17.1 Å². The molecule has 0 saturated carbocycles. The van der Waals surface area contributed by atoms with Gasteiger partial charge in [-0.3, -0.25) is 14.7 Å². The summed E-state index contributed by atoms with van der Waals surface area (Å²) in [4.78, 5) is 18.7. The van der Waals surface area contributed by atoms with Crippen LogP contribution >= 0.6 is 0 Å². The first-order chi connectivity index (χ1) is 14.2. The summed E-state index contributed by atoms with van der Waals surface area (Å²) in [5.41, 5.74) is 0.477. The van der Waals surface area contributed by atoms with Crippen molar-refractivity contribution in [1.29, 1.82) is 0 Å². The highest BCUT2D eigenvalue weighted by Gasteiger charge is 2.47. The average Bonchev–Trinajstić information content (AvgIpc) is 3.19. The molecule has 1 spiro atoms. The molecule has 2 aromatic rings. The predicted octanol–water partition coefficient (Wildman–Crippen LogP) is 3.08. The number of carbonyl (C=O) groups excluding carboxylic acids is 1. The third-order valence-electron chi connectivity index (χ3n) is 5.58. The zero-order chi connectivity index (χ0) is 20.1. The molecule has 1 aromatic carbocycles. The number of carbonyl (C=O) groups is 1. The van der Waals surface area contributed by atoms with Crippen LogP contribution in [0.5, 0.6) is 11.5 Å². The van der Waals surface area contributed by atoms with E-state index in [0.717, 1.165) is 44.6 Å². The Hall–Kier alpha value is -2.48. The third-order valence-corrected chi connectivity index (χ3v) is 5.58. The van der Waals surface area contributed by atoms with E-state index in [2.05, 4.69) is 15.2 Å². The van der Waals surface area contributed by atoms with Crippen molar-refractivity contribution in [1.82, 2.24) is 9.88 Å². The number of pyridine rings is 1. The summed E-state index contributed by atoms with van der Waals surface area (Å²) in [5, 5.41) is 2.96. The second kappa shape index (κ2) is 8.90. The first-order valence-corrected chi connectivity index (χ1v) is 10.0. The lowest BCUT2D eigenvalue weighted by molar-refractivity contribution is -0.146. The molecule has 2 atom stereocenters. The van der Waals surface area contributed by atoms with E-state index in [9.17, 15) is 4.79 Å². The molecule has 1 aromatic heterocycles. The molecule has 2 aliphatic rings. The molecular formula is C22H27N3O4. The molecule has 0 radical (unpaired) electrons. The molecular weight excluding hydrogens is 370 g/mol. The number of ether oxygens (including phenoxy) is 3. The number of benzene rings is 1. The van der Waals surface area contributed by atoms with Gasteiger partial charge in [-0.15, -0.1) is 0 Å². The Morgan fingerprint density at radius 2 is 2.17 bits per heavy atom. The number of anilines is 1. The highest BCUT2D eigenvalue weighted by molar-refractivity contribution is 5.92. The Kier molecular flexibility index (Phi) is 6.08. The van der Waals surface area contributed by atoms with Gasteiger partial charge in [-0.05, 0) is 55.7 Å². The van der Waals surface area contributed by atoms with Crippen LogP contribution in [0.2, 0.25) is 0 Å². The number of amides is 1. The SMILES string of the molecule is CO[C@H]1CCN(CC(=O)Nc2ccc(Oc3cccnc3)cc2)C[C@@]12CCCO2. The number of likely N-dealkylation sites (tertiary alicyclic amines) is 1. The molecule has 154 valence electrons. The summed E-state index contributed by atoms with van der Waals surface area (Å²) >= 11 is 0. The van der Waals surface area contributed by atoms with E-state index < -0.39 is 0 Å². The number of methoxy groups -OCH3 is 1. The Morgan fingerprint density at radius 3 is 2.86 bits per heavy atom. The molecule has 2 fully saturated rings. The van der Waals surface area contributed by atoms with Crippen LogP contribution in [0.1, 0.15) is 19.3 Å². The average molecular weight is 397 g/mol. The van der Waals surface area contributed by atoms with Crippen molar-refractivity contribution in [3.63, 3.8) is 0 Å². The summed E-state index contributed by atoms with van der Waals surface area (Å²) in [6.07, 6.45) is 6.38. The molecule has 2 aliphatic heterocycles. The normalized spacial score (nSPS) is 24.5. The summed E-state index contributed by atoms with van der Waals surface area (Å²) in [6.45, 7) is 2.68. The first-order valence-electron chi connectivity index (χ1n) is 10.0. The fourth-order valence-corrected chi connectivity index (χ4v) is 4.24. The number of hydrogen-bond acceptors (Lipinski definition) is 6. The van der Waals surface area contributed by atoms with Gasteiger partial charge in [0.05, 0.1) is 18.8 Å². The quantitative estimate of drug-likeness (QED) is 0.808. The number of hydrogen-bond donors (Lipinski definition) is 1. The van der Waals surface area contributed by atoms with Gasteiger partial charge in [0, 0.05) is 38.7 Å². The van der Waals surface area contributed by atoms with Crippen molar-refractivity contribution < 1.29 is 19.0 Å². The van der Waals surface area contributed by atoms with E-state index >= 15 is 0 Å². The van der Waals surface area contributed by atoms with E-state index in [0.29, 0.717) is 18.0 Å². The maximum Gasteiger partial charge on any atom is 0.238 e. The second-order valence-corrected chi connectivity index (χ2v) is 7.60. The zero-order valence-electron chi connectivity index (χ0n) is 16.7. The van der Waals surface area contributed by atoms with Crippen molar-refractivity contribution >= 4 is 11.6 Å². The summed E-state index contributed by atoms with van der Waals surface area (Å²) in [7, 11) is 1.75. The molecule has 2 saturated heterocycles. The van der Waals surface area contributed by atoms with Gasteiger partial charge in [0.15, 0.2) is 0 Å². The summed E-state index contributed by atoms with van der Waals surface area (Å²) < 4.78 is 17.4. The Balaban J connectivity index is 1.30. The zero-order valence-corrected chi connectivity index (χ0v) is 16.7. The lowest BCUT2D eigenvalue weighted by Crippen LogP contribution is -2.58. The molecule has 0 bridgehead atoms. The maximum atomic E-state index is 12.5. The molecule has 7 nitrogen and oxygen atoms in total. The van der Waals surface area contributed by atoms with E-state index in [1.54, 1.807) is 19.5 Å². The van der Waals surface area contributed by atoms with Crippen LogP contribution in [0.25, 0.3) is 0 Å². The molecule has 1 N–H and O–H groups in total. The van der Waals surface area contributed by atoms with Crippen LogP contribution < -0.4 is 10.1 Å². The maximum absolute atomic E-state index is 12.5. The van der Waals surface area contributed by atoms with Crippen molar-refractivity contribution in [2.24, 2.45) is 0 Å². The van der Waals surface area contributed by atoms with Gasteiger partial charge in [0.2, 0.25) is 5.91 Å². The van der Waals surface area contributed by atoms with E-state index in [1.807, 2.05) is 36.4 Å². The summed E-state index contributed by atoms with van der Waals surface area (Å²) in [5.74, 6) is 1.33. The van der Waals surface area contributed by atoms with Gasteiger partial charge in [0.25, 0.3) is 0 Å². The predicted molar refractivity (Wildman–Crippen MR) is 109 cm³/mol. The van der Waals surface area contributed by atoms with Crippen LogP contribution in [-0.2, 0) is 14.3 Å². The van der Waals surface area contributed by atoms with Crippen molar-refractivity contribution in [3.05, 3.63) is 48.8 Å². The van der Waals surface area contributed by atoms with Gasteiger partial charge in [-0.1, -0.05) is 0 Å². The molecule has 7 heteroatoms. The monoisotopic (exact) mass is 397 g/mol. The second-order valence-electron chi connectivity index (χ2n) is 7.60. The number of nitrogens with zero attached hydrogens (tertiary/aromatic N) is 2. The number of nitrogens with one attached hydrogen (secondary N) is 1. The van der Waals surface area contributed by atoms with E-state index in [-0.39, 0.29) is 17.6 Å². The fraction of sp³-hybridized carbons (Fsp3) is 0.455. The first kappa shape index (κ1) is 19.8. The minimum atomic E-state index is -0.265. The van der Waals surface area contributed by atoms with Crippen LogP contribution in [0.3, 0.4) is 0 Å². The highest BCUT2D eigenvalue weighted by atomic mass is 16.6. The smallest absolute Gasteiger partial charge is 0.238 e. The van der Waals surface area contributed by atoms with Crippen LogP contribution in [0.15, 0.2) is 48.8 Å². The standard InChI is InChI=1S/C22H27N3O4/c1-27-20-9-12-25(16-22(20)10-3-13-28-22)15-21(26)24-17-5-7-18(8-6-17)29-19-4-2-11-23-14-19/h2,4-8,11,14,20H,3,9-10,12-13,15-16H2,1H3,(H,24,26)/t20-,22-/m0/s1. The lowest BCUT2D eigenvalue weighted by Gasteiger charge is -2.44. The highest BCUT2D eigenvalue weighted by Crippen LogP contribution is 2.36.